The van der Waals surface area contributed by atoms with Crippen molar-refractivity contribution in [3.8, 4) is 0 Å². The smallest absolute Gasteiger partial charge is 0.261 e. The van der Waals surface area contributed by atoms with E-state index in [1.807, 2.05) is 24.3 Å². The molecule has 0 bridgehead atoms. The maximum absolute atomic E-state index is 12.8. The van der Waals surface area contributed by atoms with E-state index in [0.29, 0.717) is 16.3 Å². The van der Waals surface area contributed by atoms with Gasteiger partial charge in [0.1, 0.15) is 16.9 Å². The summed E-state index contributed by atoms with van der Waals surface area (Å²) in [6.07, 6.45) is 3.22. The van der Waals surface area contributed by atoms with Gasteiger partial charge in [-0.3, -0.25) is 14.5 Å². The molecular weight excluding hydrogens is 412 g/mol. The molecule has 31 heavy (non-hydrogen) atoms. The van der Waals surface area contributed by atoms with Crippen molar-refractivity contribution in [1.82, 2.24) is 19.9 Å². The van der Waals surface area contributed by atoms with Gasteiger partial charge in [0.2, 0.25) is 0 Å². The number of imidazole rings is 1. The number of rotatable bonds is 2. The number of H-pyrrole nitrogens is 1. The van der Waals surface area contributed by atoms with E-state index in [1.54, 1.807) is 24.3 Å². The van der Waals surface area contributed by atoms with E-state index in [-0.39, 0.29) is 23.8 Å². The Balaban J connectivity index is 1.26. The van der Waals surface area contributed by atoms with Crippen LogP contribution in [0.2, 0.25) is 5.15 Å². The largest absolute Gasteiger partial charge is 0.339 e. The van der Waals surface area contributed by atoms with E-state index in [4.69, 9.17) is 16.6 Å². The Labute approximate surface area is 183 Å². The fourth-order valence-electron chi connectivity index (χ4n) is 5.01. The number of halogens is 1. The highest BCUT2D eigenvalue weighted by Crippen LogP contribution is 2.38. The Morgan fingerprint density at radius 1 is 0.871 bits per heavy atom. The third kappa shape index (κ3) is 2.78. The zero-order valence-electron chi connectivity index (χ0n) is 16.6. The van der Waals surface area contributed by atoms with E-state index in [1.165, 1.54) is 4.90 Å². The number of pyridine rings is 1. The lowest BCUT2D eigenvalue weighted by Gasteiger charge is -2.32. The van der Waals surface area contributed by atoms with Gasteiger partial charge in [-0.25, -0.2) is 9.97 Å². The highest BCUT2D eigenvalue weighted by molar-refractivity contribution is 6.35. The van der Waals surface area contributed by atoms with Crippen LogP contribution >= 0.6 is 11.6 Å². The van der Waals surface area contributed by atoms with Crippen molar-refractivity contribution in [2.24, 2.45) is 0 Å². The first-order chi connectivity index (χ1) is 15.1. The Kier molecular flexibility index (Phi) is 4.11. The van der Waals surface area contributed by atoms with Crippen LogP contribution in [0.15, 0.2) is 48.5 Å². The number of aromatic amines is 1. The van der Waals surface area contributed by atoms with Gasteiger partial charge in [-0.2, -0.15) is 0 Å². The highest BCUT2D eigenvalue weighted by Gasteiger charge is 2.41. The number of para-hydroxylation sites is 1. The number of hydrogen-bond donors (Lipinski definition) is 1. The summed E-state index contributed by atoms with van der Waals surface area (Å²) in [6.45, 7) is 0. The molecule has 1 saturated carbocycles. The molecule has 7 heteroatoms. The van der Waals surface area contributed by atoms with Crippen molar-refractivity contribution < 1.29 is 9.59 Å². The van der Waals surface area contributed by atoms with Gasteiger partial charge in [0.25, 0.3) is 11.8 Å². The fourth-order valence-corrected chi connectivity index (χ4v) is 5.24. The second kappa shape index (κ2) is 6.89. The van der Waals surface area contributed by atoms with Gasteiger partial charge in [-0.1, -0.05) is 41.9 Å². The Bertz CT molecular complexity index is 1340. The van der Waals surface area contributed by atoms with Crippen molar-refractivity contribution in [3.05, 3.63) is 70.6 Å². The number of fused-ring (bicyclic) bond motifs is 4. The summed E-state index contributed by atoms with van der Waals surface area (Å²) >= 11 is 6.41. The maximum Gasteiger partial charge on any atom is 0.261 e. The lowest BCUT2D eigenvalue weighted by atomic mass is 9.85. The van der Waals surface area contributed by atoms with Crippen LogP contribution < -0.4 is 0 Å². The predicted octanol–water partition coefficient (Wildman–Crippen LogP) is 5.09. The van der Waals surface area contributed by atoms with Crippen LogP contribution in [-0.4, -0.2) is 37.7 Å². The highest BCUT2D eigenvalue weighted by atomic mass is 35.5. The lowest BCUT2D eigenvalue weighted by molar-refractivity contribution is 0.0541. The van der Waals surface area contributed by atoms with Crippen molar-refractivity contribution in [2.45, 2.75) is 37.6 Å². The zero-order chi connectivity index (χ0) is 21.1. The molecule has 2 aromatic carbocycles. The van der Waals surface area contributed by atoms with Crippen LogP contribution in [0.3, 0.4) is 0 Å². The van der Waals surface area contributed by atoms with Gasteiger partial charge < -0.3 is 4.98 Å². The summed E-state index contributed by atoms with van der Waals surface area (Å²) in [5, 5.41) is 1.40. The average molecular weight is 431 g/mol. The van der Waals surface area contributed by atoms with E-state index in [2.05, 4.69) is 9.97 Å². The third-order valence-electron chi connectivity index (χ3n) is 6.58. The molecule has 0 spiro atoms. The van der Waals surface area contributed by atoms with Crippen molar-refractivity contribution in [2.75, 3.05) is 0 Å². The first-order valence-corrected chi connectivity index (χ1v) is 10.9. The molecule has 0 saturated heterocycles. The molecular formula is C24H19ClN4O2. The Morgan fingerprint density at radius 3 is 2.23 bits per heavy atom. The van der Waals surface area contributed by atoms with Gasteiger partial charge in [-0.15, -0.1) is 0 Å². The number of carbonyl (C=O) groups excluding carboxylic acids is 2. The molecule has 1 fully saturated rings. The Hall–Kier alpha value is -3.25. The van der Waals surface area contributed by atoms with E-state index in [9.17, 15) is 9.59 Å². The first-order valence-electron chi connectivity index (χ1n) is 10.5. The summed E-state index contributed by atoms with van der Waals surface area (Å²) in [5.41, 5.74) is 3.46. The number of benzene rings is 2. The minimum absolute atomic E-state index is 0.0703. The molecule has 2 amide bonds. The van der Waals surface area contributed by atoms with Crippen LogP contribution in [0.1, 0.15) is 58.1 Å². The van der Waals surface area contributed by atoms with Gasteiger partial charge >= 0.3 is 0 Å². The van der Waals surface area contributed by atoms with Crippen LogP contribution in [0.25, 0.3) is 21.9 Å². The fraction of sp³-hybridized carbons (Fsp3) is 0.250. The molecule has 2 aromatic heterocycles. The predicted molar refractivity (Wildman–Crippen MR) is 118 cm³/mol. The molecule has 154 valence electrons. The third-order valence-corrected chi connectivity index (χ3v) is 6.85. The number of aromatic nitrogens is 3. The van der Waals surface area contributed by atoms with Gasteiger partial charge in [0, 0.05) is 17.3 Å². The standard InChI is InChI=1S/C24H19ClN4O2/c25-21-20-19(17-7-3-4-8-18(17)26-21)27-22(28-20)13-9-11-14(12-10-13)29-23(30)15-5-1-2-6-16(15)24(29)31/h1-8,13-14H,9-12H2,(H,27,28). The summed E-state index contributed by atoms with van der Waals surface area (Å²) in [5.74, 6) is 0.791. The van der Waals surface area contributed by atoms with Crippen LogP contribution in [0.4, 0.5) is 0 Å². The van der Waals surface area contributed by atoms with Crippen LogP contribution in [-0.2, 0) is 0 Å². The van der Waals surface area contributed by atoms with Crippen LogP contribution in [0, 0.1) is 0 Å². The summed E-state index contributed by atoms with van der Waals surface area (Å²) in [4.78, 5) is 39.8. The van der Waals surface area contributed by atoms with Gasteiger partial charge in [0.15, 0.2) is 5.15 Å². The number of imide groups is 1. The van der Waals surface area contributed by atoms with Gasteiger partial charge in [-0.05, 0) is 43.9 Å². The molecule has 0 radical (unpaired) electrons. The number of carbonyl (C=O) groups is 2. The lowest BCUT2D eigenvalue weighted by Crippen LogP contribution is -2.41. The van der Waals surface area contributed by atoms with E-state index < -0.39 is 0 Å². The van der Waals surface area contributed by atoms with Crippen molar-refractivity contribution in [1.29, 1.82) is 0 Å². The molecule has 0 unspecified atom stereocenters. The summed E-state index contributed by atoms with van der Waals surface area (Å²) in [7, 11) is 0. The molecule has 0 atom stereocenters. The topological polar surface area (TPSA) is 79.0 Å². The summed E-state index contributed by atoms with van der Waals surface area (Å²) < 4.78 is 0. The number of nitrogens with one attached hydrogen (secondary N) is 1. The number of nitrogens with zero attached hydrogens (tertiary/aromatic N) is 3. The molecule has 1 aliphatic carbocycles. The Morgan fingerprint density at radius 2 is 1.52 bits per heavy atom. The minimum Gasteiger partial charge on any atom is -0.339 e. The molecule has 6 rings (SSSR count). The molecule has 3 heterocycles. The van der Waals surface area contributed by atoms with Crippen molar-refractivity contribution in [3.63, 3.8) is 0 Å². The second-order valence-electron chi connectivity index (χ2n) is 8.30. The zero-order valence-corrected chi connectivity index (χ0v) is 17.4. The SMILES string of the molecule is O=C1c2ccccc2C(=O)N1C1CCC(c2nc3c([nH]2)c(Cl)nc2ccccc23)CC1. The minimum atomic E-state index is -0.169. The monoisotopic (exact) mass is 430 g/mol. The van der Waals surface area contributed by atoms with Crippen molar-refractivity contribution >= 4 is 45.4 Å². The molecule has 2 aliphatic rings. The number of hydrogen-bond acceptors (Lipinski definition) is 4. The van der Waals surface area contributed by atoms with Crippen LogP contribution in [0.5, 0.6) is 0 Å². The average Bonchev–Trinajstić information content (AvgIpc) is 3.35. The quantitative estimate of drug-likeness (QED) is 0.355. The molecule has 6 nitrogen and oxygen atoms in total. The van der Waals surface area contributed by atoms with E-state index >= 15 is 0 Å². The molecule has 4 aromatic rings. The summed E-state index contributed by atoms with van der Waals surface area (Å²) in [6, 6.07) is 14.8. The molecule has 1 N–H and O–H groups in total. The first kappa shape index (κ1) is 18.5. The van der Waals surface area contributed by atoms with E-state index in [0.717, 1.165) is 53.4 Å². The molecule has 1 aliphatic heterocycles. The second-order valence-corrected chi connectivity index (χ2v) is 8.65. The number of amides is 2. The normalized spacial score (nSPS) is 21.3. The van der Waals surface area contributed by atoms with Gasteiger partial charge in [0.05, 0.1) is 16.6 Å². The maximum atomic E-state index is 12.8.